The van der Waals surface area contributed by atoms with Crippen molar-refractivity contribution in [3.63, 3.8) is 0 Å². The number of rotatable bonds is 3. The molecule has 1 aromatic carbocycles. The molecule has 0 spiro atoms. The number of hydrogen-bond acceptors (Lipinski definition) is 4. The van der Waals surface area contributed by atoms with E-state index in [0.29, 0.717) is 0 Å². The van der Waals surface area contributed by atoms with Crippen molar-refractivity contribution in [3.05, 3.63) is 29.3 Å². The van der Waals surface area contributed by atoms with Gasteiger partial charge in [-0.25, -0.2) is 5.01 Å². The van der Waals surface area contributed by atoms with E-state index in [1.807, 2.05) is 0 Å². The molecule has 19 heavy (non-hydrogen) atoms. The first-order valence-electron chi connectivity index (χ1n) is 7.34. The van der Waals surface area contributed by atoms with Crippen LogP contribution < -0.4 is 10.7 Å². The Morgan fingerprint density at radius 1 is 1.21 bits per heavy atom. The maximum atomic E-state index is 3.58. The van der Waals surface area contributed by atoms with E-state index >= 15 is 0 Å². The first-order valence-corrected chi connectivity index (χ1v) is 7.34. The lowest BCUT2D eigenvalue weighted by Crippen LogP contribution is -2.50. The predicted molar refractivity (Wildman–Crippen MR) is 79.2 cm³/mol. The fourth-order valence-electron chi connectivity index (χ4n) is 2.89. The Kier molecular flexibility index (Phi) is 4.01. The number of anilines is 1. The molecular weight excluding hydrogens is 236 g/mol. The largest absolute Gasteiger partial charge is 0.385 e. The number of aryl methyl sites for hydroxylation is 1. The smallest absolute Gasteiger partial charge is 0.0418 e. The van der Waals surface area contributed by atoms with Gasteiger partial charge in [0.25, 0.3) is 0 Å². The highest BCUT2D eigenvalue weighted by Gasteiger charge is 2.15. The fourth-order valence-corrected chi connectivity index (χ4v) is 2.89. The van der Waals surface area contributed by atoms with Crippen LogP contribution in [0.1, 0.15) is 17.5 Å². The van der Waals surface area contributed by atoms with Crippen LogP contribution in [0.4, 0.5) is 5.69 Å². The molecule has 3 rings (SSSR count). The van der Waals surface area contributed by atoms with Crippen molar-refractivity contribution in [1.82, 2.24) is 15.3 Å². The molecule has 0 aromatic heterocycles. The lowest BCUT2D eigenvalue weighted by Gasteiger charge is -2.33. The van der Waals surface area contributed by atoms with Crippen molar-refractivity contribution in [3.8, 4) is 0 Å². The van der Waals surface area contributed by atoms with Gasteiger partial charge in [0.1, 0.15) is 0 Å². The van der Waals surface area contributed by atoms with Crippen LogP contribution in [0.25, 0.3) is 0 Å². The number of piperazine rings is 1. The Bertz CT molecular complexity index is 424. The van der Waals surface area contributed by atoms with Crippen molar-refractivity contribution in [2.45, 2.75) is 19.4 Å². The van der Waals surface area contributed by atoms with Gasteiger partial charge in [-0.05, 0) is 31.0 Å². The van der Waals surface area contributed by atoms with Crippen molar-refractivity contribution in [2.75, 3.05) is 45.1 Å². The number of benzene rings is 1. The number of para-hydroxylation sites is 1. The van der Waals surface area contributed by atoms with Gasteiger partial charge in [-0.3, -0.25) is 5.43 Å². The summed E-state index contributed by atoms with van der Waals surface area (Å²) in [6, 6.07) is 6.67. The first-order chi connectivity index (χ1) is 9.33. The molecule has 1 aromatic rings. The molecule has 4 nitrogen and oxygen atoms in total. The van der Waals surface area contributed by atoms with Crippen LogP contribution in [-0.2, 0) is 13.0 Å². The van der Waals surface area contributed by atoms with E-state index in [4.69, 9.17) is 0 Å². The number of nitrogens with zero attached hydrogens (tertiary/aromatic N) is 2. The maximum Gasteiger partial charge on any atom is 0.0418 e. The molecule has 0 unspecified atom stereocenters. The molecule has 2 aliphatic heterocycles. The number of fused-ring (bicyclic) bond motifs is 1. The van der Waals surface area contributed by atoms with Gasteiger partial charge in [0, 0.05) is 45.0 Å². The van der Waals surface area contributed by atoms with Crippen LogP contribution in [0.15, 0.2) is 18.2 Å². The van der Waals surface area contributed by atoms with Crippen LogP contribution in [0.3, 0.4) is 0 Å². The molecule has 4 heteroatoms. The molecule has 0 bridgehead atoms. The summed E-state index contributed by atoms with van der Waals surface area (Å²) in [5.41, 5.74) is 7.82. The Morgan fingerprint density at radius 2 is 2.05 bits per heavy atom. The highest BCUT2D eigenvalue weighted by atomic mass is 15.5. The zero-order valence-electron chi connectivity index (χ0n) is 11.8. The normalized spacial score (nSPS) is 20.9. The van der Waals surface area contributed by atoms with Crippen molar-refractivity contribution < 1.29 is 0 Å². The van der Waals surface area contributed by atoms with Crippen LogP contribution in [0.5, 0.6) is 0 Å². The van der Waals surface area contributed by atoms with E-state index in [1.54, 1.807) is 0 Å². The van der Waals surface area contributed by atoms with E-state index in [9.17, 15) is 0 Å². The van der Waals surface area contributed by atoms with E-state index < -0.39 is 0 Å². The number of hydrogen-bond donors (Lipinski definition) is 2. The van der Waals surface area contributed by atoms with Gasteiger partial charge in [-0.15, -0.1) is 0 Å². The van der Waals surface area contributed by atoms with Crippen LogP contribution in [0, 0.1) is 0 Å². The van der Waals surface area contributed by atoms with Gasteiger partial charge in [0.2, 0.25) is 0 Å². The minimum absolute atomic E-state index is 0.930. The molecule has 2 N–H and O–H groups in total. The third kappa shape index (κ3) is 3.08. The molecule has 0 saturated carbocycles. The molecule has 0 atom stereocenters. The lowest BCUT2D eigenvalue weighted by atomic mass is 9.99. The molecule has 2 aliphatic rings. The first kappa shape index (κ1) is 12.9. The minimum atomic E-state index is 0.930. The minimum Gasteiger partial charge on any atom is -0.385 e. The zero-order valence-corrected chi connectivity index (χ0v) is 11.8. The summed E-state index contributed by atoms with van der Waals surface area (Å²) in [6.07, 6.45) is 2.47. The summed E-state index contributed by atoms with van der Waals surface area (Å²) in [5.74, 6) is 0. The molecule has 104 valence electrons. The quantitative estimate of drug-likeness (QED) is 0.857. The number of nitrogens with one attached hydrogen (secondary N) is 2. The Morgan fingerprint density at radius 3 is 2.89 bits per heavy atom. The fraction of sp³-hybridized carbons (Fsp3) is 0.600. The molecule has 0 amide bonds. The molecule has 2 heterocycles. The van der Waals surface area contributed by atoms with Crippen molar-refractivity contribution in [1.29, 1.82) is 0 Å². The highest BCUT2D eigenvalue weighted by molar-refractivity contribution is 5.59. The summed E-state index contributed by atoms with van der Waals surface area (Å²) in [4.78, 5) is 2.38. The van der Waals surface area contributed by atoms with Crippen molar-refractivity contribution >= 4 is 5.69 Å². The van der Waals surface area contributed by atoms with Crippen LogP contribution in [0.2, 0.25) is 0 Å². The molecule has 0 radical (unpaired) electrons. The predicted octanol–water partition coefficient (Wildman–Crippen LogP) is 1.30. The standard InChI is InChI=1S/C15H24N4/c1-18-8-10-19(11-9-18)17-12-14-5-2-4-13-6-3-7-16-15(13)14/h2,4-5,16-17H,3,6-12H2,1H3. The monoisotopic (exact) mass is 260 g/mol. The van der Waals surface area contributed by atoms with Gasteiger partial charge in [0.05, 0.1) is 0 Å². The van der Waals surface area contributed by atoms with E-state index in [0.717, 1.165) is 39.3 Å². The van der Waals surface area contributed by atoms with Gasteiger partial charge in [0.15, 0.2) is 0 Å². The van der Waals surface area contributed by atoms with E-state index in [1.165, 1.54) is 29.7 Å². The van der Waals surface area contributed by atoms with Crippen molar-refractivity contribution in [2.24, 2.45) is 0 Å². The zero-order chi connectivity index (χ0) is 13.1. The Balaban J connectivity index is 1.61. The summed E-state index contributed by atoms with van der Waals surface area (Å²) in [5, 5.41) is 5.91. The third-order valence-corrected chi connectivity index (χ3v) is 4.16. The highest BCUT2D eigenvalue weighted by Crippen LogP contribution is 2.25. The second kappa shape index (κ2) is 5.90. The molecule has 0 aliphatic carbocycles. The van der Waals surface area contributed by atoms with Crippen LogP contribution >= 0.6 is 0 Å². The summed E-state index contributed by atoms with van der Waals surface area (Å²) in [7, 11) is 2.19. The maximum absolute atomic E-state index is 3.58. The van der Waals surface area contributed by atoms with Crippen LogP contribution in [-0.4, -0.2) is 49.7 Å². The second-order valence-corrected chi connectivity index (χ2v) is 5.61. The number of likely N-dealkylation sites (N-methyl/N-ethyl adjacent to an activating group) is 1. The SMILES string of the molecule is CN1CCN(NCc2cccc3c2NCCC3)CC1. The average molecular weight is 260 g/mol. The van der Waals surface area contributed by atoms with E-state index in [-0.39, 0.29) is 0 Å². The molecule has 1 fully saturated rings. The second-order valence-electron chi connectivity index (χ2n) is 5.61. The summed E-state index contributed by atoms with van der Waals surface area (Å²) in [6.45, 7) is 6.56. The van der Waals surface area contributed by atoms with Gasteiger partial charge in [-0.2, -0.15) is 0 Å². The lowest BCUT2D eigenvalue weighted by molar-refractivity contribution is 0.102. The van der Waals surface area contributed by atoms with Gasteiger partial charge < -0.3 is 10.2 Å². The molecule has 1 saturated heterocycles. The van der Waals surface area contributed by atoms with E-state index in [2.05, 4.69) is 45.9 Å². The summed E-state index contributed by atoms with van der Waals surface area (Å²) < 4.78 is 0. The number of hydrazine groups is 1. The molecular formula is C15H24N4. The Labute approximate surface area is 115 Å². The third-order valence-electron chi connectivity index (χ3n) is 4.16. The average Bonchev–Trinajstić information content (AvgIpc) is 2.47. The topological polar surface area (TPSA) is 30.5 Å². The van der Waals surface area contributed by atoms with Gasteiger partial charge in [-0.1, -0.05) is 18.2 Å². The Hall–Kier alpha value is -1.10. The van der Waals surface area contributed by atoms with Gasteiger partial charge >= 0.3 is 0 Å². The summed E-state index contributed by atoms with van der Waals surface area (Å²) >= 11 is 0.